The molecule has 6 heteroatoms. The molecule has 0 aliphatic heterocycles. The Labute approximate surface area is 103 Å². The van der Waals surface area contributed by atoms with E-state index in [2.05, 4.69) is 0 Å². The molecule has 0 radical (unpaired) electrons. The van der Waals surface area contributed by atoms with E-state index in [-0.39, 0.29) is 19.5 Å². The highest BCUT2D eigenvalue weighted by molar-refractivity contribution is 5.44. The SMILES string of the molecule is CC=O.CCOC(C)OCC.OCC(O)CO. The largest absolute Gasteiger partial charge is 0.394 e. The van der Waals surface area contributed by atoms with Crippen molar-refractivity contribution in [1.29, 1.82) is 0 Å². The average molecular weight is 254 g/mol. The summed E-state index contributed by atoms with van der Waals surface area (Å²) in [4.78, 5) is 8.81. The predicted molar refractivity (Wildman–Crippen MR) is 64.6 cm³/mol. The fourth-order valence-corrected chi connectivity index (χ4v) is 0.575. The first kappa shape index (κ1) is 21.7. The van der Waals surface area contributed by atoms with Crippen LogP contribution in [0.25, 0.3) is 0 Å². The zero-order chi connectivity index (χ0) is 14.1. The molecule has 0 amide bonds. The third kappa shape index (κ3) is 31.3. The minimum absolute atomic E-state index is 0.0370. The van der Waals surface area contributed by atoms with E-state index in [0.717, 1.165) is 19.5 Å². The molecular weight excluding hydrogens is 228 g/mol. The molecule has 0 unspecified atom stereocenters. The van der Waals surface area contributed by atoms with Gasteiger partial charge in [-0.1, -0.05) is 0 Å². The molecule has 0 rings (SSSR count). The van der Waals surface area contributed by atoms with Crippen LogP contribution in [0, 0.1) is 0 Å². The first-order chi connectivity index (χ1) is 8.03. The Kier molecular flexibility index (Phi) is 26.6. The van der Waals surface area contributed by atoms with Gasteiger partial charge in [0.2, 0.25) is 0 Å². The summed E-state index contributed by atoms with van der Waals surface area (Å²) in [6.45, 7) is 7.97. The monoisotopic (exact) mass is 254 g/mol. The Morgan fingerprint density at radius 2 is 1.41 bits per heavy atom. The second-order valence-electron chi connectivity index (χ2n) is 2.73. The molecule has 0 aliphatic rings. The van der Waals surface area contributed by atoms with Crippen molar-refractivity contribution in [3.8, 4) is 0 Å². The third-order valence-corrected chi connectivity index (χ3v) is 1.22. The maximum atomic E-state index is 8.81. The maximum absolute atomic E-state index is 8.81. The number of hydrogen-bond donors (Lipinski definition) is 3. The van der Waals surface area contributed by atoms with Crippen LogP contribution in [0.4, 0.5) is 0 Å². The molecule has 0 aromatic heterocycles. The van der Waals surface area contributed by atoms with E-state index >= 15 is 0 Å². The van der Waals surface area contributed by atoms with Crippen molar-refractivity contribution in [1.82, 2.24) is 0 Å². The fourth-order valence-electron chi connectivity index (χ4n) is 0.575. The van der Waals surface area contributed by atoms with Gasteiger partial charge in [0, 0.05) is 13.2 Å². The Hall–Kier alpha value is -0.530. The van der Waals surface area contributed by atoms with E-state index in [4.69, 9.17) is 29.6 Å². The summed E-state index contributed by atoms with van der Waals surface area (Å²) >= 11 is 0. The number of rotatable bonds is 6. The van der Waals surface area contributed by atoms with Crippen molar-refractivity contribution in [2.24, 2.45) is 0 Å². The number of aldehydes is 1. The van der Waals surface area contributed by atoms with Gasteiger partial charge in [-0.25, -0.2) is 0 Å². The molecule has 3 N–H and O–H groups in total. The molecule has 0 spiro atoms. The summed E-state index contributed by atoms with van der Waals surface area (Å²) < 4.78 is 10.1. The van der Waals surface area contributed by atoms with Crippen molar-refractivity contribution in [2.45, 2.75) is 40.1 Å². The third-order valence-electron chi connectivity index (χ3n) is 1.22. The van der Waals surface area contributed by atoms with Crippen LogP contribution in [0.3, 0.4) is 0 Å². The number of ether oxygens (including phenoxy) is 2. The lowest BCUT2D eigenvalue weighted by Gasteiger charge is -2.09. The Morgan fingerprint density at radius 3 is 1.53 bits per heavy atom. The molecule has 0 saturated heterocycles. The minimum atomic E-state index is -0.954. The molecule has 0 aliphatic carbocycles. The molecule has 0 atom stereocenters. The number of carbonyl (C=O) groups is 1. The Balaban J connectivity index is -0.000000193. The topological polar surface area (TPSA) is 96.2 Å². The van der Waals surface area contributed by atoms with Gasteiger partial charge in [0.05, 0.1) is 13.2 Å². The van der Waals surface area contributed by atoms with Crippen LogP contribution in [-0.4, -0.2) is 60.4 Å². The normalized spacial score (nSPS) is 9.24. The van der Waals surface area contributed by atoms with Gasteiger partial charge in [-0.3, -0.25) is 0 Å². The highest BCUT2D eigenvalue weighted by atomic mass is 16.7. The number of aliphatic hydroxyl groups excluding tert-OH is 3. The van der Waals surface area contributed by atoms with E-state index in [1.54, 1.807) is 0 Å². The van der Waals surface area contributed by atoms with Gasteiger partial charge >= 0.3 is 0 Å². The molecule has 0 bridgehead atoms. The fraction of sp³-hybridized carbons (Fsp3) is 0.909. The number of carbonyl (C=O) groups excluding carboxylic acids is 1. The molecule has 6 nitrogen and oxygen atoms in total. The molecular formula is C11H26O6. The van der Waals surface area contributed by atoms with Crippen LogP contribution in [0.15, 0.2) is 0 Å². The van der Waals surface area contributed by atoms with E-state index in [0.29, 0.717) is 0 Å². The zero-order valence-electron chi connectivity index (χ0n) is 11.1. The summed E-state index contributed by atoms with van der Waals surface area (Å²) in [7, 11) is 0. The molecule has 0 aromatic rings. The van der Waals surface area contributed by atoms with E-state index in [1.807, 2.05) is 20.8 Å². The molecule has 106 valence electrons. The van der Waals surface area contributed by atoms with Crippen LogP contribution in [0.5, 0.6) is 0 Å². The second-order valence-corrected chi connectivity index (χ2v) is 2.73. The smallest absolute Gasteiger partial charge is 0.154 e. The van der Waals surface area contributed by atoms with Gasteiger partial charge < -0.3 is 29.6 Å². The van der Waals surface area contributed by atoms with E-state index < -0.39 is 6.10 Å². The summed E-state index contributed by atoms with van der Waals surface area (Å²) in [6.07, 6.45) is -0.241. The standard InChI is InChI=1S/C6H14O2.C3H8O3.C2H4O/c1-4-7-6(3)8-5-2;4-1-3(6)2-5;1-2-3/h6H,4-5H2,1-3H3;3-6H,1-2H2;2H,1H3. The van der Waals surface area contributed by atoms with Gasteiger partial charge in [0.25, 0.3) is 0 Å². The molecule has 0 fully saturated rings. The summed E-state index contributed by atoms with van der Waals surface area (Å²) in [5.41, 5.74) is 0. The lowest BCUT2D eigenvalue weighted by molar-refractivity contribution is -0.123. The van der Waals surface area contributed by atoms with Gasteiger partial charge in [-0.15, -0.1) is 0 Å². The average Bonchev–Trinajstić information content (AvgIpc) is 2.30. The predicted octanol–water partition coefficient (Wildman–Crippen LogP) is -0.0575. The van der Waals surface area contributed by atoms with Crippen molar-refractivity contribution >= 4 is 6.29 Å². The Morgan fingerprint density at radius 1 is 1.12 bits per heavy atom. The van der Waals surface area contributed by atoms with Crippen molar-refractivity contribution in [2.75, 3.05) is 26.4 Å². The first-order valence-corrected chi connectivity index (χ1v) is 5.56. The maximum Gasteiger partial charge on any atom is 0.154 e. The van der Waals surface area contributed by atoms with Crippen LogP contribution in [-0.2, 0) is 14.3 Å². The number of aliphatic hydroxyl groups is 3. The zero-order valence-corrected chi connectivity index (χ0v) is 11.1. The van der Waals surface area contributed by atoms with Crippen molar-refractivity contribution < 1.29 is 29.6 Å². The minimum Gasteiger partial charge on any atom is -0.394 e. The van der Waals surface area contributed by atoms with Gasteiger partial charge in [0.1, 0.15) is 12.4 Å². The molecule has 0 aromatic carbocycles. The van der Waals surface area contributed by atoms with Crippen molar-refractivity contribution in [3.63, 3.8) is 0 Å². The Bertz CT molecular complexity index is 121. The van der Waals surface area contributed by atoms with Gasteiger partial charge in [-0.2, -0.15) is 0 Å². The van der Waals surface area contributed by atoms with Crippen molar-refractivity contribution in [3.05, 3.63) is 0 Å². The quantitative estimate of drug-likeness (QED) is 0.454. The van der Waals surface area contributed by atoms with E-state index in [1.165, 1.54) is 6.92 Å². The summed E-state index contributed by atoms with van der Waals surface area (Å²) in [5.74, 6) is 0. The molecule has 17 heavy (non-hydrogen) atoms. The first-order valence-electron chi connectivity index (χ1n) is 5.56. The van der Waals surface area contributed by atoms with Gasteiger partial charge in [-0.05, 0) is 27.7 Å². The summed E-state index contributed by atoms with van der Waals surface area (Å²) in [6, 6.07) is 0. The second kappa shape index (κ2) is 20.8. The van der Waals surface area contributed by atoms with Crippen LogP contribution in [0.1, 0.15) is 27.7 Å². The van der Waals surface area contributed by atoms with Crippen LogP contribution < -0.4 is 0 Å². The van der Waals surface area contributed by atoms with Gasteiger partial charge in [0.15, 0.2) is 6.29 Å². The lowest BCUT2D eigenvalue weighted by Crippen LogP contribution is -2.15. The highest BCUT2D eigenvalue weighted by Gasteiger charge is 1.95. The number of hydrogen-bond acceptors (Lipinski definition) is 6. The van der Waals surface area contributed by atoms with Crippen LogP contribution in [0.2, 0.25) is 0 Å². The molecule has 0 heterocycles. The highest BCUT2D eigenvalue weighted by Crippen LogP contribution is 1.90. The lowest BCUT2D eigenvalue weighted by atomic mass is 10.4. The van der Waals surface area contributed by atoms with E-state index in [9.17, 15) is 0 Å². The van der Waals surface area contributed by atoms with Crippen LogP contribution >= 0.6 is 0 Å². The summed E-state index contributed by atoms with van der Waals surface area (Å²) in [5, 5.41) is 24.0. The molecule has 0 saturated carbocycles.